The van der Waals surface area contributed by atoms with Gasteiger partial charge in [0.1, 0.15) is 0 Å². The number of rotatable bonds is 7. The molecular formula is C18H29N3O2. The molecule has 1 saturated heterocycles. The van der Waals surface area contributed by atoms with Crippen LogP contribution < -0.4 is 10.9 Å². The Morgan fingerprint density at radius 3 is 2.91 bits per heavy atom. The minimum absolute atomic E-state index is 0.0247. The Morgan fingerprint density at radius 1 is 1.35 bits per heavy atom. The van der Waals surface area contributed by atoms with Crippen molar-refractivity contribution >= 4 is 5.91 Å². The first-order valence-electron chi connectivity index (χ1n) is 8.71. The smallest absolute Gasteiger partial charge is 0.250 e. The van der Waals surface area contributed by atoms with Crippen LogP contribution in [0.15, 0.2) is 23.0 Å². The van der Waals surface area contributed by atoms with Crippen molar-refractivity contribution in [2.45, 2.75) is 58.0 Å². The Bertz CT molecular complexity index is 568. The number of carbonyl (C=O) groups excluding carboxylic acids is 1. The van der Waals surface area contributed by atoms with E-state index < -0.39 is 0 Å². The topological polar surface area (TPSA) is 54.3 Å². The van der Waals surface area contributed by atoms with Crippen molar-refractivity contribution in [3.05, 3.63) is 34.2 Å². The third-order valence-corrected chi connectivity index (χ3v) is 4.77. The van der Waals surface area contributed by atoms with Crippen molar-refractivity contribution in [1.29, 1.82) is 0 Å². The highest BCUT2D eigenvalue weighted by Crippen LogP contribution is 2.18. The molecule has 23 heavy (non-hydrogen) atoms. The lowest BCUT2D eigenvalue weighted by atomic mass is 9.98. The van der Waals surface area contributed by atoms with Crippen LogP contribution in [-0.2, 0) is 11.3 Å². The molecule has 2 rings (SSSR count). The number of carbonyl (C=O) groups is 1. The molecule has 0 aliphatic carbocycles. The number of aryl methyl sites for hydroxylation is 1. The molecule has 1 aliphatic rings. The summed E-state index contributed by atoms with van der Waals surface area (Å²) in [4.78, 5) is 26.1. The molecular weight excluding hydrogens is 290 g/mol. The van der Waals surface area contributed by atoms with Crippen LogP contribution >= 0.6 is 0 Å². The molecule has 1 aromatic rings. The summed E-state index contributed by atoms with van der Waals surface area (Å²) in [5.74, 6) is 0.126. The van der Waals surface area contributed by atoms with Gasteiger partial charge in [-0.3, -0.25) is 9.59 Å². The molecule has 0 radical (unpaired) electrons. The highest BCUT2D eigenvalue weighted by atomic mass is 16.1. The second-order valence-electron chi connectivity index (χ2n) is 6.53. The Hall–Kier alpha value is -1.62. The summed E-state index contributed by atoms with van der Waals surface area (Å²) in [6.45, 7) is 4.36. The van der Waals surface area contributed by atoms with Crippen LogP contribution in [-0.4, -0.2) is 41.6 Å². The lowest BCUT2D eigenvalue weighted by molar-refractivity contribution is -0.121. The maximum atomic E-state index is 11.9. The van der Waals surface area contributed by atoms with Crippen LogP contribution in [0.2, 0.25) is 0 Å². The van der Waals surface area contributed by atoms with Gasteiger partial charge in [-0.1, -0.05) is 12.5 Å². The molecule has 1 unspecified atom stereocenters. The van der Waals surface area contributed by atoms with Crippen LogP contribution in [0.4, 0.5) is 0 Å². The van der Waals surface area contributed by atoms with Gasteiger partial charge < -0.3 is 14.8 Å². The van der Waals surface area contributed by atoms with Gasteiger partial charge in [-0.05, 0) is 52.3 Å². The molecule has 0 bridgehead atoms. The fourth-order valence-electron chi connectivity index (χ4n) is 3.27. The van der Waals surface area contributed by atoms with E-state index in [2.05, 4.69) is 17.3 Å². The quantitative estimate of drug-likeness (QED) is 0.781. The van der Waals surface area contributed by atoms with E-state index >= 15 is 0 Å². The standard InChI is InChI=1S/C18H29N3O2/c1-15-7-5-9-18(23)21(15)14-6-12-19-17(22)11-10-16-8-3-4-13-20(16)2/h5,7,9,16H,3-4,6,8,10-14H2,1-2H3,(H,19,22). The summed E-state index contributed by atoms with van der Waals surface area (Å²) in [5.41, 5.74) is 0.987. The highest BCUT2D eigenvalue weighted by Gasteiger charge is 2.19. The van der Waals surface area contributed by atoms with Crippen molar-refractivity contribution in [1.82, 2.24) is 14.8 Å². The molecule has 128 valence electrons. The number of aromatic nitrogens is 1. The molecule has 1 amide bonds. The van der Waals surface area contributed by atoms with Crippen molar-refractivity contribution in [2.24, 2.45) is 0 Å². The number of likely N-dealkylation sites (tertiary alicyclic amines) is 1. The zero-order chi connectivity index (χ0) is 16.7. The molecule has 1 aliphatic heterocycles. The largest absolute Gasteiger partial charge is 0.356 e. The third-order valence-electron chi connectivity index (χ3n) is 4.77. The predicted octanol–water partition coefficient (Wildman–Crippen LogP) is 1.93. The Balaban J connectivity index is 1.64. The number of piperidine rings is 1. The average molecular weight is 319 g/mol. The maximum absolute atomic E-state index is 11.9. The van der Waals surface area contributed by atoms with Gasteiger partial charge in [-0.25, -0.2) is 0 Å². The van der Waals surface area contributed by atoms with E-state index in [0.29, 0.717) is 25.6 Å². The van der Waals surface area contributed by atoms with E-state index in [9.17, 15) is 9.59 Å². The number of nitrogens with one attached hydrogen (secondary N) is 1. The van der Waals surface area contributed by atoms with E-state index in [1.165, 1.54) is 19.3 Å². The van der Waals surface area contributed by atoms with E-state index in [1.54, 1.807) is 16.7 Å². The fraction of sp³-hybridized carbons (Fsp3) is 0.667. The minimum atomic E-state index is 0.0247. The van der Waals surface area contributed by atoms with E-state index in [1.807, 2.05) is 13.0 Å². The second-order valence-corrected chi connectivity index (χ2v) is 6.53. The Kier molecular flexibility index (Phi) is 6.84. The maximum Gasteiger partial charge on any atom is 0.250 e. The molecule has 5 nitrogen and oxygen atoms in total. The molecule has 5 heteroatoms. The molecule has 1 fully saturated rings. The van der Waals surface area contributed by atoms with Gasteiger partial charge in [-0.2, -0.15) is 0 Å². The minimum Gasteiger partial charge on any atom is -0.356 e. The first-order chi connectivity index (χ1) is 11.1. The molecule has 0 spiro atoms. The first-order valence-corrected chi connectivity index (χ1v) is 8.71. The SMILES string of the molecule is Cc1cccc(=O)n1CCCNC(=O)CCC1CCCCN1C. The van der Waals surface area contributed by atoms with Gasteiger partial charge >= 0.3 is 0 Å². The number of hydrogen-bond acceptors (Lipinski definition) is 3. The zero-order valence-electron chi connectivity index (χ0n) is 14.4. The van der Waals surface area contributed by atoms with Crippen LogP contribution in [0.1, 0.15) is 44.2 Å². The lowest BCUT2D eigenvalue weighted by Gasteiger charge is -2.32. The monoisotopic (exact) mass is 319 g/mol. The molecule has 1 atom stereocenters. The Labute approximate surface area is 138 Å². The van der Waals surface area contributed by atoms with Gasteiger partial charge in [0.15, 0.2) is 0 Å². The second kappa shape index (κ2) is 8.87. The van der Waals surface area contributed by atoms with E-state index in [4.69, 9.17) is 0 Å². The van der Waals surface area contributed by atoms with Crippen LogP contribution in [0, 0.1) is 6.92 Å². The van der Waals surface area contributed by atoms with Crippen molar-refractivity contribution < 1.29 is 4.79 Å². The first kappa shape index (κ1) is 17.7. The number of hydrogen-bond donors (Lipinski definition) is 1. The number of pyridine rings is 1. The summed E-state index contributed by atoms with van der Waals surface area (Å²) >= 11 is 0. The third kappa shape index (κ3) is 5.50. The van der Waals surface area contributed by atoms with Gasteiger partial charge in [0, 0.05) is 37.3 Å². The summed E-state index contributed by atoms with van der Waals surface area (Å²) in [5, 5.41) is 2.97. The van der Waals surface area contributed by atoms with Crippen molar-refractivity contribution in [3.63, 3.8) is 0 Å². The predicted molar refractivity (Wildman–Crippen MR) is 92.6 cm³/mol. The number of nitrogens with zero attached hydrogens (tertiary/aromatic N) is 2. The molecule has 2 heterocycles. The Morgan fingerprint density at radius 2 is 2.17 bits per heavy atom. The van der Waals surface area contributed by atoms with Gasteiger partial charge in [0.2, 0.25) is 5.91 Å². The molecule has 0 saturated carbocycles. The van der Waals surface area contributed by atoms with E-state index in [0.717, 1.165) is 25.1 Å². The zero-order valence-corrected chi connectivity index (χ0v) is 14.4. The summed E-state index contributed by atoms with van der Waals surface area (Å²) in [6.07, 6.45) is 6.08. The van der Waals surface area contributed by atoms with Crippen molar-refractivity contribution in [3.8, 4) is 0 Å². The summed E-state index contributed by atoms with van der Waals surface area (Å²) in [7, 11) is 2.15. The van der Waals surface area contributed by atoms with Crippen molar-refractivity contribution in [2.75, 3.05) is 20.1 Å². The average Bonchev–Trinajstić information content (AvgIpc) is 2.53. The van der Waals surface area contributed by atoms with E-state index in [-0.39, 0.29) is 11.5 Å². The summed E-state index contributed by atoms with van der Waals surface area (Å²) in [6, 6.07) is 5.84. The number of amides is 1. The highest BCUT2D eigenvalue weighted by molar-refractivity contribution is 5.75. The van der Waals surface area contributed by atoms with Crippen LogP contribution in [0.3, 0.4) is 0 Å². The van der Waals surface area contributed by atoms with Crippen LogP contribution in [0.25, 0.3) is 0 Å². The summed E-state index contributed by atoms with van der Waals surface area (Å²) < 4.78 is 1.75. The van der Waals surface area contributed by atoms with Gasteiger partial charge in [-0.15, -0.1) is 0 Å². The molecule has 1 aromatic heterocycles. The fourth-order valence-corrected chi connectivity index (χ4v) is 3.27. The van der Waals surface area contributed by atoms with Gasteiger partial charge in [0.25, 0.3) is 5.56 Å². The van der Waals surface area contributed by atoms with Gasteiger partial charge in [0.05, 0.1) is 0 Å². The van der Waals surface area contributed by atoms with Crippen LogP contribution in [0.5, 0.6) is 0 Å². The molecule has 0 aromatic carbocycles. The molecule has 1 N–H and O–H groups in total. The lowest BCUT2D eigenvalue weighted by Crippen LogP contribution is -2.37. The normalized spacial score (nSPS) is 18.8.